The van der Waals surface area contributed by atoms with Crippen LogP contribution in [0.4, 0.5) is 4.39 Å². The van der Waals surface area contributed by atoms with Crippen LogP contribution in [-0.4, -0.2) is 25.9 Å². The Labute approximate surface area is 92.4 Å². The monoisotopic (exact) mass is 217 g/mol. The zero-order valence-electron chi connectivity index (χ0n) is 9.92. The zero-order chi connectivity index (χ0) is 11.3. The highest BCUT2D eigenvalue weighted by Gasteiger charge is 2.26. The molecule has 1 rings (SSSR count). The molecule has 0 aliphatic carbocycles. The van der Waals surface area contributed by atoms with Crippen molar-refractivity contribution in [1.82, 2.24) is 0 Å². The topological polar surface area (TPSA) is 35.2 Å². The summed E-state index contributed by atoms with van der Waals surface area (Å²) in [6.07, 6.45) is 1.95. The lowest BCUT2D eigenvalue weighted by molar-refractivity contribution is 0.0465. The van der Waals surface area contributed by atoms with Gasteiger partial charge in [-0.2, -0.15) is 0 Å². The summed E-state index contributed by atoms with van der Waals surface area (Å²) in [5, 5.41) is 0. The van der Waals surface area contributed by atoms with E-state index in [0.717, 1.165) is 26.1 Å². The second kappa shape index (κ2) is 6.44. The molecule has 0 radical (unpaired) electrons. The van der Waals surface area contributed by atoms with Gasteiger partial charge in [-0.1, -0.05) is 13.8 Å². The minimum Gasteiger partial charge on any atom is -0.381 e. The fourth-order valence-corrected chi connectivity index (χ4v) is 2.31. The van der Waals surface area contributed by atoms with Crippen molar-refractivity contribution in [2.75, 3.05) is 19.8 Å². The molecular formula is C12H24FNO. The van der Waals surface area contributed by atoms with Crippen LogP contribution in [0.1, 0.15) is 33.1 Å². The van der Waals surface area contributed by atoms with Crippen LogP contribution in [0.2, 0.25) is 0 Å². The molecule has 3 heteroatoms. The molecule has 2 nitrogen and oxygen atoms in total. The lowest BCUT2D eigenvalue weighted by Gasteiger charge is -2.28. The van der Waals surface area contributed by atoms with Crippen molar-refractivity contribution in [3.63, 3.8) is 0 Å². The molecule has 2 N–H and O–H groups in total. The Bertz CT molecular complexity index is 169. The molecule has 0 aromatic rings. The van der Waals surface area contributed by atoms with Crippen molar-refractivity contribution in [2.24, 2.45) is 23.5 Å². The summed E-state index contributed by atoms with van der Waals surface area (Å²) in [5.41, 5.74) is 5.62. The predicted molar refractivity (Wildman–Crippen MR) is 60.4 cm³/mol. The van der Waals surface area contributed by atoms with Crippen molar-refractivity contribution >= 4 is 0 Å². The average Bonchev–Trinajstić information content (AvgIpc) is 2.19. The van der Waals surface area contributed by atoms with E-state index >= 15 is 0 Å². The number of alkyl halides is 1. The number of rotatable bonds is 5. The normalized spacial score (nSPS) is 23.0. The minimum absolute atomic E-state index is 0.0212. The van der Waals surface area contributed by atoms with Crippen LogP contribution in [0.25, 0.3) is 0 Å². The summed E-state index contributed by atoms with van der Waals surface area (Å²) in [5.74, 6) is 0.860. The summed E-state index contributed by atoms with van der Waals surface area (Å²) in [6, 6.07) is 0. The Kier molecular flexibility index (Phi) is 5.54. The highest BCUT2D eigenvalue weighted by atomic mass is 19.1. The van der Waals surface area contributed by atoms with Crippen LogP contribution in [-0.2, 0) is 4.74 Å². The lowest BCUT2D eigenvalue weighted by Crippen LogP contribution is -2.32. The van der Waals surface area contributed by atoms with Crippen LogP contribution in [0.3, 0.4) is 0 Å². The van der Waals surface area contributed by atoms with E-state index in [0.29, 0.717) is 24.8 Å². The zero-order valence-corrected chi connectivity index (χ0v) is 9.92. The summed E-state index contributed by atoms with van der Waals surface area (Å²) in [6.45, 7) is 6.16. The van der Waals surface area contributed by atoms with Crippen molar-refractivity contribution in [3.8, 4) is 0 Å². The molecule has 2 unspecified atom stereocenters. The number of hydrogen-bond donors (Lipinski definition) is 1. The maximum Gasteiger partial charge on any atom is 0.105 e. The third-order valence-corrected chi connectivity index (χ3v) is 3.49. The van der Waals surface area contributed by atoms with E-state index in [1.54, 1.807) is 0 Å². The van der Waals surface area contributed by atoms with Gasteiger partial charge in [0.05, 0.1) is 0 Å². The van der Waals surface area contributed by atoms with Gasteiger partial charge < -0.3 is 10.5 Å². The van der Waals surface area contributed by atoms with Gasteiger partial charge in [0.1, 0.15) is 6.17 Å². The third-order valence-electron chi connectivity index (χ3n) is 3.49. The van der Waals surface area contributed by atoms with Gasteiger partial charge in [-0.3, -0.25) is 0 Å². The Morgan fingerprint density at radius 2 is 1.93 bits per heavy atom. The summed E-state index contributed by atoms with van der Waals surface area (Å²) in [7, 11) is 0. The fraction of sp³-hybridized carbons (Fsp3) is 1.00. The molecule has 1 aliphatic rings. The standard InChI is InChI=1S/C12H24FNO/c1-9(2)11(8-14)12(13)7-10-3-5-15-6-4-10/h9-12H,3-8,14H2,1-2H3. The lowest BCUT2D eigenvalue weighted by atomic mass is 9.84. The van der Waals surface area contributed by atoms with Gasteiger partial charge in [0.2, 0.25) is 0 Å². The Hall–Kier alpha value is -0.150. The van der Waals surface area contributed by atoms with Crippen LogP contribution >= 0.6 is 0 Å². The van der Waals surface area contributed by atoms with Gasteiger partial charge in [-0.15, -0.1) is 0 Å². The smallest absolute Gasteiger partial charge is 0.105 e. The van der Waals surface area contributed by atoms with E-state index in [1.165, 1.54) is 0 Å². The summed E-state index contributed by atoms with van der Waals surface area (Å²) in [4.78, 5) is 0. The largest absolute Gasteiger partial charge is 0.381 e. The molecule has 1 heterocycles. The van der Waals surface area contributed by atoms with E-state index in [4.69, 9.17) is 10.5 Å². The molecule has 0 bridgehead atoms. The van der Waals surface area contributed by atoms with E-state index in [-0.39, 0.29) is 5.92 Å². The minimum atomic E-state index is -0.738. The van der Waals surface area contributed by atoms with Crippen LogP contribution in [0, 0.1) is 17.8 Å². The Morgan fingerprint density at radius 1 is 1.33 bits per heavy atom. The van der Waals surface area contributed by atoms with Crippen molar-refractivity contribution < 1.29 is 9.13 Å². The highest BCUT2D eigenvalue weighted by Crippen LogP contribution is 2.27. The van der Waals surface area contributed by atoms with Gasteiger partial charge in [0, 0.05) is 19.1 Å². The van der Waals surface area contributed by atoms with Crippen molar-refractivity contribution in [3.05, 3.63) is 0 Å². The molecule has 1 aliphatic heterocycles. The van der Waals surface area contributed by atoms with E-state index in [1.807, 2.05) is 13.8 Å². The summed E-state index contributed by atoms with van der Waals surface area (Å²) >= 11 is 0. The SMILES string of the molecule is CC(C)C(CN)C(F)CC1CCOCC1. The molecule has 0 amide bonds. The van der Waals surface area contributed by atoms with E-state index in [9.17, 15) is 4.39 Å². The highest BCUT2D eigenvalue weighted by molar-refractivity contribution is 4.77. The molecular weight excluding hydrogens is 193 g/mol. The predicted octanol–water partition coefficient (Wildman–Crippen LogP) is 2.37. The quantitative estimate of drug-likeness (QED) is 0.767. The van der Waals surface area contributed by atoms with Crippen LogP contribution in [0.15, 0.2) is 0 Å². The molecule has 15 heavy (non-hydrogen) atoms. The first kappa shape index (κ1) is 12.9. The second-order valence-electron chi connectivity index (χ2n) is 4.95. The molecule has 0 aromatic heterocycles. The first-order valence-corrected chi connectivity index (χ1v) is 6.07. The van der Waals surface area contributed by atoms with E-state index < -0.39 is 6.17 Å². The molecule has 2 atom stereocenters. The molecule has 0 saturated carbocycles. The number of hydrogen-bond acceptors (Lipinski definition) is 2. The van der Waals surface area contributed by atoms with Crippen molar-refractivity contribution in [2.45, 2.75) is 39.3 Å². The molecule has 1 fully saturated rings. The molecule has 0 spiro atoms. The Balaban J connectivity index is 2.34. The average molecular weight is 217 g/mol. The number of ether oxygens (including phenoxy) is 1. The van der Waals surface area contributed by atoms with Crippen LogP contribution < -0.4 is 5.73 Å². The van der Waals surface area contributed by atoms with Gasteiger partial charge >= 0.3 is 0 Å². The van der Waals surface area contributed by atoms with Gasteiger partial charge in [0.25, 0.3) is 0 Å². The maximum absolute atomic E-state index is 14.0. The van der Waals surface area contributed by atoms with Gasteiger partial charge in [0.15, 0.2) is 0 Å². The number of halogens is 1. The maximum atomic E-state index is 14.0. The Morgan fingerprint density at radius 3 is 2.40 bits per heavy atom. The second-order valence-corrected chi connectivity index (χ2v) is 4.95. The number of nitrogens with two attached hydrogens (primary N) is 1. The van der Waals surface area contributed by atoms with Gasteiger partial charge in [-0.05, 0) is 37.6 Å². The molecule has 90 valence electrons. The van der Waals surface area contributed by atoms with Crippen molar-refractivity contribution in [1.29, 1.82) is 0 Å². The first-order valence-electron chi connectivity index (χ1n) is 6.07. The summed E-state index contributed by atoms with van der Waals surface area (Å²) < 4.78 is 19.3. The fourth-order valence-electron chi connectivity index (χ4n) is 2.31. The third kappa shape index (κ3) is 4.07. The van der Waals surface area contributed by atoms with Gasteiger partial charge in [-0.25, -0.2) is 4.39 Å². The molecule has 0 aromatic carbocycles. The van der Waals surface area contributed by atoms with Crippen LogP contribution in [0.5, 0.6) is 0 Å². The molecule has 1 saturated heterocycles. The van der Waals surface area contributed by atoms with E-state index in [2.05, 4.69) is 0 Å². The first-order chi connectivity index (χ1) is 7.15.